The molecule has 0 aromatic rings. The van der Waals surface area contributed by atoms with E-state index in [1.54, 1.807) is 0 Å². The van der Waals surface area contributed by atoms with Crippen LogP contribution in [-0.4, -0.2) is 28.6 Å². The highest BCUT2D eigenvalue weighted by Crippen LogP contribution is 2.34. The van der Waals surface area contributed by atoms with Gasteiger partial charge in [0.15, 0.2) is 0 Å². The Bertz CT molecular complexity index is 257. The summed E-state index contributed by atoms with van der Waals surface area (Å²) < 4.78 is 0. The van der Waals surface area contributed by atoms with E-state index in [-0.39, 0.29) is 28.5 Å². The van der Waals surface area contributed by atoms with Crippen LogP contribution in [0.3, 0.4) is 0 Å². The lowest BCUT2D eigenvalue weighted by Crippen LogP contribution is -2.34. The van der Waals surface area contributed by atoms with E-state index in [1.807, 2.05) is 0 Å². The van der Waals surface area contributed by atoms with Crippen LogP contribution in [0.2, 0.25) is 0 Å². The zero-order valence-corrected chi connectivity index (χ0v) is 10.4. The van der Waals surface area contributed by atoms with Gasteiger partial charge >= 0.3 is 0 Å². The highest BCUT2D eigenvalue weighted by atomic mass is 79.9. The van der Waals surface area contributed by atoms with Gasteiger partial charge in [-0.25, -0.2) is 0 Å². The molecule has 1 aliphatic rings. The Morgan fingerprint density at radius 2 is 2.14 bits per heavy atom. The standard InChI is InChI=1S/C10H16BrNO2/c1-10(2,3)7-4-8(13)12(6-7)9(14)5-11/h7H,4-6H2,1-3H3. The van der Waals surface area contributed by atoms with Crippen molar-refractivity contribution in [2.45, 2.75) is 27.2 Å². The largest absolute Gasteiger partial charge is 0.282 e. The zero-order valence-electron chi connectivity index (χ0n) is 8.84. The van der Waals surface area contributed by atoms with Gasteiger partial charge < -0.3 is 0 Å². The number of hydrogen-bond donors (Lipinski definition) is 0. The van der Waals surface area contributed by atoms with Crippen LogP contribution in [0.5, 0.6) is 0 Å². The van der Waals surface area contributed by atoms with Crippen LogP contribution in [-0.2, 0) is 9.59 Å². The van der Waals surface area contributed by atoms with Crippen LogP contribution in [0.1, 0.15) is 27.2 Å². The number of likely N-dealkylation sites (tertiary alicyclic amines) is 1. The summed E-state index contributed by atoms with van der Waals surface area (Å²) in [5, 5.41) is 0.232. The van der Waals surface area contributed by atoms with E-state index in [9.17, 15) is 9.59 Å². The predicted octanol–water partition coefficient (Wildman–Crippen LogP) is 1.80. The maximum atomic E-state index is 11.5. The molecule has 1 heterocycles. The van der Waals surface area contributed by atoms with Crippen molar-refractivity contribution in [1.82, 2.24) is 4.90 Å². The Morgan fingerprint density at radius 1 is 1.57 bits per heavy atom. The Balaban J connectivity index is 2.70. The smallest absolute Gasteiger partial charge is 0.239 e. The minimum absolute atomic E-state index is 0.0330. The van der Waals surface area contributed by atoms with Gasteiger partial charge in [-0.05, 0) is 11.3 Å². The molecule has 0 aromatic carbocycles. The number of nitrogens with zero attached hydrogens (tertiary/aromatic N) is 1. The summed E-state index contributed by atoms with van der Waals surface area (Å²) in [6.45, 7) is 6.89. The number of amides is 2. The lowest BCUT2D eigenvalue weighted by Gasteiger charge is -2.25. The second-order valence-corrected chi connectivity index (χ2v) is 5.36. The van der Waals surface area contributed by atoms with Gasteiger partial charge in [0.05, 0.1) is 5.33 Å². The molecule has 0 aromatic heterocycles. The maximum Gasteiger partial charge on any atom is 0.239 e. The molecule has 4 heteroatoms. The van der Waals surface area contributed by atoms with Gasteiger partial charge in [0.25, 0.3) is 0 Å². The molecule has 0 aliphatic carbocycles. The fourth-order valence-corrected chi connectivity index (χ4v) is 1.90. The second kappa shape index (κ2) is 4.01. The summed E-state index contributed by atoms with van der Waals surface area (Å²) >= 11 is 3.08. The fourth-order valence-electron chi connectivity index (χ4n) is 1.60. The third kappa shape index (κ3) is 2.35. The number of carbonyl (C=O) groups excluding carboxylic acids is 2. The summed E-state index contributed by atoms with van der Waals surface area (Å²) in [5.74, 6) is 0.133. The van der Waals surface area contributed by atoms with Crippen molar-refractivity contribution >= 4 is 27.7 Å². The quantitative estimate of drug-likeness (QED) is 0.676. The number of rotatable bonds is 1. The van der Waals surface area contributed by atoms with E-state index in [0.29, 0.717) is 13.0 Å². The first-order valence-electron chi connectivity index (χ1n) is 4.75. The van der Waals surface area contributed by atoms with Gasteiger partial charge in [-0.2, -0.15) is 0 Å². The van der Waals surface area contributed by atoms with Gasteiger partial charge in [-0.1, -0.05) is 36.7 Å². The molecule has 1 unspecified atom stereocenters. The Hall–Kier alpha value is -0.380. The molecule has 1 rings (SSSR count). The van der Waals surface area contributed by atoms with Crippen molar-refractivity contribution in [3.05, 3.63) is 0 Å². The van der Waals surface area contributed by atoms with Crippen molar-refractivity contribution in [3.8, 4) is 0 Å². The molecular weight excluding hydrogens is 246 g/mol. The molecule has 1 saturated heterocycles. The first-order chi connectivity index (χ1) is 6.36. The van der Waals surface area contributed by atoms with Crippen molar-refractivity contribution < 1.29 is 9.59 Å². The topological polar surface area (TPSA) is 37.4 Å². The van der Waals surface area contributed by atoms with Crippen LogP contribution >= 0.6 is 15.9 Å². The monoisotopic (exact) mass is 261 g/mol. The molecule has 0 radical (unpaired) electrons. The maximum absolute atomic E-state index is 11.5. The second-order valence-electron chi connectivity index (χ2n) is 4.80. The molecule has 1 fully saturated rings. The summed E-state index contributed by atoms with van der Waals surface area (Å²) in [5.41, 5.74) is 0.0942. The number of alkyl halides is 1. The summed E-state index contributed by atoms with van der Waals surface area (Å²) in [6, 6.07) is 0. The van der Waals surface area contributed by atoms with Crippen LogP contribution in [0.4, 0.5) is 0 Å². The van der Waals surface area contributed by atoms with Crippen molar-refractivity contribution in [2.24, 2.45) is 11.3 Å². The van der Waals surface area contributed by atoms with E-state index in [1.165, 1.54) is 4.90 Å². The minimum Gasteiger partial charge on any atom is -0.282 e. The summed E-state index contributed by atoms with van der Waals surface area (Å²) in [6.07, 6.45) is 0.502. The SMILES string of the molecule is CC(C)(C)C1CC(=O)N(C(=O)CBr)C1. The van der Waals surface area contributed by atoms with E-state index >= 15 is 0 Å². The lowest BCUT2D eigenvalue weighted by molar-refractivity contribution is -0.140. The molecule has 1 aliphatic heterocycles. The highest BCUT2D eigenvalue weighted by Gasteiger charge is 2.38. The van der Waals surface area contributed by atoms with Crippen molar-refractivity contribution in [2.75, 3.05) is 11.9 Å². The normalized spacial score (nSPS) is 23.0. The Morgan fingerprint density at radius 3 is 2.50 bits per heavy atom. The third-order valence-corrected chi connectivity index (χ3v) is 3.24. The molecule has 1 atom stereocenters. The van der Waals surface area contributed by atoms with Crippen molar-refractivity contribution in [3.63, 3.8) is 0 Å². The molecule has 0 spiro atoms. The molecule has 14 heavy (non-hydrogen) atoms. The van der Waals surface area contributed by atoms with E-state index in [0.717, 1.165) is 0 Å². The Kier molecular flexibility index (Phi) is 3.35. The van der Waals surface area contributed by atoms with Crippen LogP contribution in [0.25, 0.3) is 0 Å². The predicted molar refractivity (Wildman–Crippen MR) is 58.1 cm³/mol. The first-order valence-corrected chi connectivity index (χ1v) is 5.87. The molecule has 0 N–H and O–H groups in total. The highest BCUT2D eigenvalue weighted by molar-refractivity contribution is 9.09. The van der Waals surface area contributed by atoms with E-state index in [4.69, 9.17) is 0 Å². The van der Waals surface area contributed by atoms with Crippen molar-refractivity contribution in [1.29, 1.82) is 0 Å². The molecule has 2 amide bonds. The molecule has 0 saturated carbocycles. The van der Waals surface area contributed by atoms with E-state index < -0.39 is 0 Å². The zero-order chi connectivity index (χ0) is 10.9. The lowest BCUT2D eigenvalue weighted by atomic mass is 9.80. The van der Waals surface area contributed by atoms with Gasteiger partial charge in [-0.3, -0.25) is 14.5 Å². The summed E-state index contributed by atoms with van der Waals surface area (Å²) in [7, 11) is 0. The van der Waals surface area contributed by atoms with E-state index in [2.05, 4.69) is 36.7 Å². The average molecular weight is 262 g/mol. The molecule has 0 bridgehead atoms. The third-order valence-electron chi connectivity index (χ3n) is 2.77. The summed E-state index contributed by atoms with van der Waals surface area (Å²) in [4.78, 5) is 24.2. The number of hydrogen-bond acceptors (Lipinski definition) is 2. The van der Waals surface area contributed by atoms with Gasteiger partial charge in [-0.15, -0.1) is 0 Å². The Labute approximate surface area is 93.0 Å². The fraction of sp³-hybridized carbons (Fsp3) is 0.800. The van der Waals surface area contributed by atoms with Gasteiger partial charge in [0.2, 0.25) is 11.8 Å². The number of imide groups is 1. The van der Waals surface area contributed by atoms with Crippen LogP contribution in [0.15, 0.2) is 0 Å². The van der Waals surface area contributed by atoms with Crippen LogP contribution in [0, 0.1) is 11.3 Å². The number of carbonyl (C=O) groups is 2. The average Bonchev–Trinajstić information content (AvgIpc) is 2.45. The number of halogens is 1. The van der Waals surface area contributed by atoms with Gasteiger partial charge in [0, 0.05) is 13.0 Å². The molecule has 3 nitrogen and oxygen atoms in total. The van der Waals surface area contributed by atoms with Crippen LogP contribution < -0.4 is 0 Å². The minimum atomic E-state index is -0.123. The first kappa shape index (κ1) is 11.7. The molecular formula is C10H16BrNO2. The van der Waals surface area contributed by atoms with Gasteiger partial charge in [0.1, 0.15) is 0 Å². The molecule has 80 valence electrons.